The number of ether oxygens (including phenoxy) is 2. The highest BCUT2D eigenvalue weighted by Crippen LogP contribution is 2.53. The number of sulfone groups is 1. The fraction of sp³-hybridized carbons (Fsp3) is 0.600. The number of aromatic nitrogens is 3. The third-order valence-corrected chi connectivity index (χ3v) is 8.39. The first-order valence-corrected chi connectivity index (χ1v) is 9.63. The van der Waals surface area contributed by atoms with Crippen LogP contribution in [0.2, 0.25) is 0 Å². The van der Waals surface area contributed by atoms with Crippen LogP contribution in [0.5, 0.6) is 0 Å². The Balaban J connectivity index is 2.13. The van der Waals surface area contributed by atoms with Gasteiger partial charge >= 0.3 is 11.9 Å². The van der Waals surface area contributed by atoms with Gasteiger partial charge in [0.25, 0.3) is 0 Å². The van der Waals surface area contributed by atoms with E-state index < -0.39 is 73.3 Å². The topological polar surface area (TPSA) is 175 Å². The van der Waals surface area contributed by atoms with Gasteiger partial charge in [-0.2, -0.15) is 0 Å². The van der Waals surface area contributed by atoms with Crippen LogP contribution in [0.25, 0.3) is 0 Å². The maximum absolute atomic E-state index is 13.0. The van der Waals surface area contributed by atoms with Crippen LogP contribution < -0.4 is 5.11 Å². The maximum Gasteiger partial charge on any atom is 0.361 e. The van der Waals surface area contributed by atoms with Gasteiger partial charge in [0.1, 0.15) is 5.78 Å². The Morgan fingerprint density at radius 2 is 1.86 bits per heavy atom. The van der Waals surface area contributed by atoms with Crippen molar-refractivity contribution in [3.8, 4) is 0 Å². The van der Waals surface area contributed by atoms with Crippen LogP contribution in [0.1, 0.15) is 34.3 Å². The molecule has 1 aliphatic carbocycles. The van der Waals surface area contributed by atoms with Crippen molar-refractivity contribution >= 4 is 33.5 Å². The minimum Gasteiger partial charge on any atom is -0.550 e. The summed E-state index contributed by atoms with van der Waals surface area (Å²) in [6, 6.07) is 0. The van der Waals surface area contributed by atoms with Crippen molar-refractivity contribution in [2.24, 2.45) is 11.8 Å². The van der Waals surface area contributed by atoms with Crippen LogP contribution in [0, 0.1) is 11.8 Å². The Morgan fingerprint density at radius 3 is 2.36 bits per heavy atom. The summed E-state index contributed by atoms with van der Waals surface area (Å²) in [5.74, 6) is -7.09. The molecule has 3 rings (SSSR count). The molecule has 0 N–H and O–H groups in total. The lowest BCUT2D eigenvalue weighted by molar-refractivity contribution is -0.314. The average Bonchev–Trinajstić information content (AvgIpc) is 3.09. The van der Waals surface area contributed by atoms with Crippen molar-refractivity contribution in [1.29, 1.82) is 0 Å². The van der Waals surface area contributed by atoms with Gasteiger partial charge < -0.3 is 19.4 Å². The third-order valence-electron chi connectivity index (χ3n) is 5.45. The number of fused-ring (bicyclic) bond motifs is 1. The SMILES string of the molecule is COC(=O)c1nnn(C[C@@]2(C)[C@H](C(=O)[O-])C3C(=O)CC3S2(=O)=O)c1C(=O)OC. The number of rotatable bonds is 5. The number of ketones is 1. The first-order chi connectivity index (χ1) is 13.0. The predicted molar refractivity (Wildman–Crippen MR) is 85.4 cm³/mol. The molecule has 1 aliphatic heterocycles. The number of carbonyl (C=O) groups excluding carboxylic acids is 4. The van der Waals surface area contributed by atoms with Crippen LogP contribution in [-0.4, -0.2) is 71.3 Å². The van der Waals surface area contributed by atoms with Gasteiger partial charge in [-0.1, -0.05) is 5.21 Å². The summed E-state index contributed by atoms with van der Waals surface area (Å²) in [6.45, 7) is 0.498. The molecule has 2 unspecified atom stereocenters. The Bertz CT molecular complexity index is 998. The second-order valence-electron chi connectivity index (χ2n) is 6.82. The van der Waals surface area contributed by atoms with Gasteiger partial charge in [-0.25, -0.2) is 22.7 Å². The summed E-state index contributed by atoms with van der Waals surface area (Å²) in [7, 11) is -2.05. The molecule has 0 bridgehead atoms. The second-order valence-corrected chi connectivity index (χ2v) is 9.44. The molecular weight excluding hydrogens is 398 g/mol. The van der Waals surface area contributed by atoms with Crippen molar-refractivity contribution in [3.63, 3.8) is 0 Å². The first-order valence-electron chi connectivity index (χ1n) is 8.08. The molecule has 0 radical (unpaired) electrons. The molecule has 2 heterocycles. The lowest BCUT2D eigenvalue weighted by atomic mass is 9.70. The zero-order valence-electron chi connectivity index (χ0n) is 15.1. The summed E-state index contributed by atoms with van der Waals surface area (Å²) in [6.07, 6.45) is -0.277. The summed E-state index contributed by atoms with van der Waals surface area (Å²) < 4.78 is 33.8. The van der Waals surface area contributed by atoms with Crippen molar-refractivity contribution in [2.75, 3.05) is 14.2 Å². The van der Waals surface area contributed by atoms with E-state index in [1.807, 2.05) is 0 Å². The highest BCUT2D eigenvalue weighted by Gasteiger charge is 2.69. The summed E-state index contributed by atoms with van der Waals surface area (Å²) in [4.78, 5) is 47.6. The molecule has 1 saturated carbocycles. The van der Waals surface area contributed by atoms with Gasteiger partial charge in [0.2, 0.25) is 5.69 Å². The molecule has 1 aromatic heterocycles. The summed E-state index contributed by atoms with van der Waals surface area (Å²) in [5.41, 5.74) is -1.01. The Labute approximate surface area is 158 Å². The van der Waals surface area contributed by atoms with Crippen LogP contribution in [-0.2, 0) is 35.4 Å². The molecule has 12 nitrogen and oxygen atoms in total. The van der Waals surface area contributed by atoms with Gasteiger partial charge in [0, 0.05) is 24.2 Å². The molecule has 0 spiro atoms. The number of carboxylic acids is 1. The number of carbonyl (C=O) groups is 4. The van der Waals surface area contributed by atoms with E-state index in [4.69, 9.17) is 0 Å². The molecule has 4 atom stereocenters. The van der Waals surface area contributed by atoms with Crippen LogP contribution in [0.4, 0.5) is 0 Å². The fourth-order valence-corrected chi connectivity index (χ4v) is 6.62. The van der Waals surface area contributed by atoms with E-state index in [-0.39, 0.29) is 6.42 Å². The summed E-state index contributed by atoms with van der Waals surface area (Å²) in [5, 5.41) is 17.7. The molecule has 13 heteroatoms. The molecule has 1 saturated heterocycles. The molecule has 2 fully saturated rings. The van der Waals surface area contributed by atoms with Crippen molar-refractivity contribution < 1.29 is 42.2 Å². The molecule has 1 aromatic rings. The van der Waals surface area contributed by atoms with Crippen LogP contribution in [0.15, 0.2) is 0 Å². The number of nitrogens with zero attached hydrogens (tertiary/aromatic N) is 3. The molecule has 28 heavy (non-hydrogen) atoms. The second kappa shape index (κ2) is 6.36. The minimum atomic E-state index is -4.12. The monoisotopic (exact) mass is 414 g/mol. The van der Waals surface area contributed by atoms with Crippen molar-refractivity contribution in [2.45, 2.75) is 29.9 Å². The lowest BCUT2D eigenvalue weighted by Gasteiger charge is -2.33. The van der Waals surface area contributed by atoms with E-state index in [0.29, 0.717) is 0 Å². The number of methoxy groups -OCH3 is 2. The van der Waals surface area contributed by atoms with Crippen molar-refractivity contribution in [1.82, 2.24) is 15.0 Å². The summed E-state index contributed by atoms with van der Waals surface area (Å²) >= 11 is 0. The predicted octanol–water partition coefficient (Wildman–Crippen LogP) is -2.64. The largest absolute Gasteiger partial charge is 0.550 e. The highest BCUT2D eigenvalue weighted by atomic mass is 32.2. The highest BCUT2D eigenvalue weighted by molar-refractivity contribution is 7.94. The number of carboxylic acid groups (broad SMARTS) is 1. The molecule has 0 amide bonds. The van der Waals surface area contributed by atoms with Gasteiger partial charge in [0.05, 0.1) is 30.8 Å². The Morgan fingerprint density at radius 1 is 1.25 bits per heavy atom. The first kappa shape index (κ1) is 19.9. The third kappa shape index (κ3) is 2.45. The number of Topliss-reactive ketones (excluding diaryl/α,β-unsaturated/α-hetero) is 1. The number of hydrogen-bond donors (Lipinski definition) is 0. The zero-order valence-corrected chi connectivity index (χ0v) is 15.9. The zero-order chi connectivity index (χ0) is 21.0. The average molecular weight is 414 g/mol. The normalized spacial score (nSPS) is 30.2. The lowest BCUT2D eigenvalue weighted by Crippen LogP contribution is -2.52. The van der Waals surface area contributed by atoms with Gasteiger partial charge in [-0.05, 0) is 6.92 Å². The standard InChI is InChI=1S/C15H17N3O9S/c1-15(9(12(20)21)8-6(19)4-7(8)28(15,24)25)5-18-11(14(23)27-3)10(16-17-18)13(22)26-2/h7-9H,4-5H2,1-3H3,(H,20,21)/p-1/t7?,8?,9-,15-/m0/s1. The maximum atomic E-state index is 13.0. The van der Waals surface area contributed by atoms with Crippen molar-refractivity contribution in [3.05, 3.63) is 11.4 Å². The van der Waals surface area contributed by atoms with Gasteiger partial charge in [0.15, 0.2) is 15.5 Å². The number of hydrogen-bond acceptors (Lipinski definition) is 11. The van der Waals surface area contributed by atoms with E-state index in [2.05, 4.69) is 19.8 Å². The Hall–Kier alpha value is -2.83. The molecule has 0 aromatic carbocycles. The van der Waals surface area contributed by atoms with E-state index in [0.717, 1.165) is 25.8 Å². The number of esters is 2. The molecule has 2 aliphatic rings. The van der Waals surface area contributed by atoms with E-state index >= 15 is 0 Å². The van der Waals surface area contributed by atoms with E-state index in [9.17, 15) is 32.7 Å². The molecular formula is C15H16N3O9S-. The van der Waals surface area contributed by atoms with Gasteiger partial charge in [-0.15, -0.1) is 5.10 Å². The quantitative estimate of drug-likeness (QED) is 0.460. The van der Waals surface area contributed by atoms with Crippen LogP contribution in [0.3, 0.4) is 0 Å². The number of aliphatic carboxylic acids is 1. The van der Waals surface area contributed by atoms with Gasteiger partial charge in [-0.3, -0.25) is 4.79 Å². The van der Waals surface area contributed by atoms with Crippen LogP contribution >= 0.6 is 0 Å². The fourth-order valence-electron chi connectivity index (χ4n) is 3.95. The Kier molecular flexibility index (Phi) is 4.52. The van der Waals surface area contributed by atoms with E-state index in [1.165, 1.54) is 0 Å². The molecule has 152 valence electrons. The smallest absolute Gasteiger partial charge is 0.361 e. The van der Waals surface area contributed by atoms with E-state index in [1.54, 1.807) is 0 Å². The minimum absolute atomic E-state index is 0.277.